The predicted octanol–water partition coefficient (Wildman–Crippen LogP) is 3.24. The Hall–Kier alpha value is -0.830. The zero-order valence-corrected chi connectivity index (χ0v) is 12.6. The zero-order valence-electron chi connectivity index (χ0n) is 12.6. The summed E-state index contributed by atoms with van der Waals surface area (Å²) in [6.07, 6.45) is 8.22. The molecule has 0 saturated heterocycles. The third-order valence-electron chi connectivity index (χ3n) is 4.65. The van der Waals surface area contributed by atoms with E-state index in [-0.39, 0.29) is 6.10 Å². The van der Waals surface area contributed by atoms with Gasteiger partial charge in [-0.25, -0.2) is 0 Å². The molecule has 1 N–H and O–H groups in total. The Labute approximate surface area is 117 Å². The number of aryl methyl sites for hydroxylation is 2. The van der Waals surface area contributed by atoms with Gasteiger partial charge in [-0.05, 0) is 37.7 Å². The third kappa shape index (κ3) is 3.82. The van der Waals surface area contributed by atoms with Gasteiger partial charge in [-0.2, -0.15) is 5.10 Å². The summed E-state index contributed by atoms with van der Waals surface area (Å²) in [5.74, 6) is 1.40. The first-order valence-electron chi connectivity index (χ1n) is 7.77. The van der Waals surface area contributed by atoms with Crippen molar-refractivity contribution in [3.05, 3.63) is 17.5 Å². The fraction of sp³-hybridized carbons (Fsp3) is 0.812. The van der Waals surface area contributed by atoms with Crippen LogP contribution in [0.25, 0.3) is 0 Å². The van der Waals surface area contributed by atoms with Crippen LogP contribution in [0.2, 0.25) is 0 Å². The van der Waals surface area contributed by atoms with E-state index < -0.39 is 0 Å². The van der Waals surface area contributed by atoms with Gasteiger partial charge in [0.05, 0.1) is 11.8 Å². The van der Waals surface area contributed by atoms with Crippen LogP contribution in [0.15, 0.2) is 6.07 Å². The molecule has 1 aromatic heterocycles. The van der Waals surface area contributed by atoms with Crippen LogP contribution in [-0.4, -0.2) is 21.0 Å². The van der Waals surface area contributed by atoms with Crippen LogP contribution in [-0.2, 0) is 13.5 Å². The fourth-order valence-electron chi connectivity index (χ4n) is 3.51. The van der Waals surface area contributed by atoms with Crippen molar-refractivity contribution in [2.45, 2.75) is 64.9 Å². The molecule has 1 unspecified atom stereocenters. The summed E-state index contributed by atoms with van der Waals surface area (Å²) in [6.45, 7) is 4.28. The molecule has 1 atom stereocenters. The third-order valence-corrected chi connectivity index (χ3v) is 4.65. The molecule has 1 aromatic rings. The van der Waals surface area contributed by atoms with Crippen molar-refractivity contribution >= 4 is 0 Å². The summed E-state index contributed by atoms with van der Waals surface area (Å²) in [7, 11) is 1.97. The summed E-state index contributed by atoms with van der Waals surface area (Å²) in [5.41, 5.74) is 2.19. The largest absolute Gasteiger partial charge is 0.392 e. The van der Waals surface area contributed by atoms with E-state index in [4.69, 9.17) is 0 Å². The van der Waals surface area contributed by atoms with Gasteiger partial charge in [-0.15, -0.1) is 0 Å². The molecule has 19 heavy (non-hydrogen) atoms. The minimum absolute atomic E-state index is 0.197. The topological polar surface area (TPSA) is 38.1 Å². The average molecular weight is 264 g/mol. The monoisotopic (exact) mass is 264 g/mol. The van der Waals surface area contributed by atoms with Gasteiger partial charge in [0.15, 0.2) is 0 Å². The second kappa shape index (κ2) is 6.56. The average Bonchev–Trinajstić information content (AvgIpc) is 2.69. The molecule has 0 aromatic carbocycles. The molecule has 3 heteroatoms. The number of nitrogens with zero attached hydrogens (tertiary/aromatic N) is 2. The maximum Gasteiger partial charge on any atom is 0.0623 e. The smallest absolute Gasteiger partial charge is 0.0623 e. The SMILES string of the molecule is CCCC1CCC(C(O)Cc2cc(C)nn2C)CC1. The Kier molecular flexibility index (Phi) is 5.03. The van der Waals surface area contributed by atoms with E-state index in [1.54, 1.807) is 0 Å². The van der Waals surface area contributed by atoms with Crippen LogP contribution in [0.4, 0.5) is 0 Å². The molecular weight excluding hydrogens is 236 g/mol. The van der Waals surface area contributed by atoms with E-state index in [1.807, 2.05) is 18.7 Å². The molecule has 0 amide bonds. The zero-order chi connectivity index (χ0) is 13.8. The van der Waals surface area contributed by atoms with Gasteiger partial charge >= 0.3 is 0 Å². The van der Waals surface area contributed by atoms with Crippen LogP contribution in [0.3, 0.4) is 0 Å². The molecule has 0 bridgehead atoms. The Morgan fingerprint density at radius 1 is 1.37 bits per heavy atom. The molecule has 1 saturated carbocycles. The summed E-state index contributed by atoms with van der Waals surface area (Å²) >= 11 is 0. The first-order valence-corrected chi connectivity index (χ1v) is 7.77. The van der Waals surface area contributed by atoms with Gasteiger partial charge in [-0.3, -0.25) is 4.68 Å². The van der Waals surface area contributed by atoms with Crippen LogP contribution in [0.1, 0.15) is 56.8 Å². The van der Waals surface area contributed by atoms with Crippen LogP contribution >= 0.6 is 0 Å². The number of aliphatic hydroxyl groups is 1. The van der Waals surface area contributed by atoms with Gasteiger partial charge in [0.2, 0.25) is 0 Å². The summed E-state index contributed by atoms with van der Waals surface area (Å²) in [4.78, 5) is 0. The van der Waals surface area contributed by atoms with Gasteiger partial charge in [0.25, 0.3) is 0 Å². The number of aliphatic hydroxyl groups excluding tert-OH is 1. The lowest BCUT2D eigenvalue weighted by Gasteiger charge is -2.31. The fourth-order valence-corrected chi connectivity index (χ4v) is 3.51. The Balaban J connectivity index is 1.84. The maximum atomic E-state index is 10.4. The predicted molar refractivity (Wildman–Crippen MR) is 78.0 cm³/mol. The summed E-state index contributed by atoms with van der Waals surface area (Å²) in [6, 6.07) is 2.09. The lowest BCUT2D eigenvalue weighted by molar-refractivity contribution is 0.0713. The van der Waals surface area contributed by atoms with E-state index in [1.165, 1.54) is 38.5 Å². The lowest BCUT2D eigenvalue weighted by atomic mass is 9.77. The Bertz CT molecular complexity index is 391. The minimum atomic E-state index is -0.197. The molecule has 0 radical (unpaired) electrons. The molecule has 0 spiro atoms. The first-order chi connectivity index (χ1) is 9.10. The molecule has 1 heterocycles. The van der Waals surface area contributed by atoms with Crippen molar-refractivity contribution < 1.29 is 5.11 Å². The molecule has 3 nitrogen and oxygen atoms in total. The first kappa shape index (κ1) is 14.6. The summed E-state index contributed by atoms with van der Waals surface area (Å²) in [5, 5.41) is 14.8. The van der Waals surface area contributed by atoms with Crippen LogP contribution in [0.5, 0.6) is 0 Å². The lowest BCUT2D eigenvalue weighted by Crippen LogP contribution is -2.28. The Morgan fingerprint density at radius 3 is 2.58 bits per heavy atom. The molecule has 1 fully saturated rings. The highest BCUT2D eigenvalue weighted by molar-refractivity contribution is 5.09. The molecular formula is C16H28N2O. The number of hydrogen-bond donors (Lipinski definition) is 1. The number of hydrogen-bond acceptors (Lipinski definition) is 2. The normalized spacial score (nSPS) is 25.5. The van der Waals surface area contributed by atoms with E-state index >= 15 is 0 Å². The van der Waals surface area contributed by atoms with Crippen LogP contribution < -0.4 is 0 Å². The van der Waals surface area contributed by atoms with Gasteiger partial charge in [0, 0.05) is 19.2 Å². The molecule has 2 rings (SSSR count). The van der Waals surface area contributed by atoms with E-state index in [2.05, 4.69) is 18.1 Å². The summed E-state index contributed by atoms with van der Waals surface area (Å²) < 4.78 is 1.90. The van der Waals surface area contributed by atoms with Crippen molar-refractivity contribution in [2.75, 3.05) is 0 Å². The van der Waals surface area contributed by atoms with Crippen LogP contribution in [0, 0.1) is 18.8 Å². The quantitative estimate of drug-likeness (QED) is 0.886. The van der Waals surface area contributed by atoms with E-state index in [0.29, 0.717) is 5.92 Å². The number of aromatic nitrogens is 2. The van der Waals surface area contributed by atoms with Crippen molar-refractivity contribution in [3.8, 4) is 0 Å². The number of rotatable bonds is 5. The molecule has 108 valence electrons. The van der Waals surface area contributed by atoms with Crippen molar-refractivity contribution in [1.29, 1.82) is 0 Å². The molecule has 1 aliphatic carbocycles. The highest BCUT2D eigenvalue weighted by atomic mass is 16.3. The molecule has 0 aliphatic heterocycles. The van der Waals surface area contributed by atoms with Crippen molar-refractivity contribution in [2.24, 2.45) is 18.9 Å². The second-order valence-corrected chi connectivity index (χ2v) is 6.24. The minimum Gasteiger partial charge on any atom is -0.392 e. The second-order valence-electron chi connectivity index (χ2n) is 6.24. The Morgan fingerprint density at radius 2 is 2.05 bits per heavy atom. The van der Waals surface area contributed by atoms with Gasteiger partial charge in [0.1, 0.15) is 0 Å². The van der Waals surface area contributed by atoms with Gasteiger partial charge in [-0.1, -0.05) is 32.6 Å². The highest BCUT2D eigenvalue weighted by Crippen LogP contribution is 2.34. The molecule has 1 aliphatic rings. The van der Waals surface area contributed by atoms with E-state index in [0.717, 1.165) is 23.7 Å². The standard InChI is InChI=1S/C16H28N2O/c1-4-5-13-6-8-14(9-7-13)16(19)11-15-10-12(2)17-18(15)3/h10,13-14,16,19H,4-9,11H2,1-3H3. The van der Waals surface area contributed by atoms with Crippen molar-refractivity contribution in [3.63, 3.8) is 0 Å². The van der Waals surface area contributed by atoms with Crippen molar-refractivity contribution in [1.82, 2.24) is 9.78 Å². The maximum absolute atomic E-state index is 10.4. The van der Waals surface area contributed by atoms with E-state index in [9.17, 15) is 5.11 Å². The highest BCUT2D eigenvalue weighted by Gasteiger charge is 2.26. The van der Waals surface area contributed by atoms with Gasteiger partial charge < -0.3 is 5.11 Å².